The Labute approximate surface area is 130 Å². The van der Waals surface area contributed by atoms with Crippen LogP contribution in [0.15, 0.2) is 42.5 Å². The van der Waals surface area contributed by atoms with Crippen molar-refractivity contribution in [3.8, 4) is 0 Å². The molecule has 0 aliphatic heterocycles. The summed E-state index contributed by atoms with van der Waals surface area (Å²) in [5, 5.41) is 11.3. The summed E-state index contributed by atoms with van der Waals surface area (Å²) in [7, 11) is 0. The molecule has 2 aromatic rings. The molecule has 0 amide bonds. The maximum Gasteiger partial charge on any atom is 0.269 e. The summed E-state index contributed by atoms with van der Waals surface area (Å²) in [6, 6.07) is 12.4. The molecule has 3 nitrogen and oxygen atoms in total. The Morgan fingerprint density at radius 1 is 1.25 bits per heavy atom. The Kier molecular flexibility index (Phi) is 4.78. The Balaban J connectivity index is 2.16. The van der Waals surface area contributed by atoms with Crippen LogP contribution in [0.5, 0.6) is 0 Å². The van der Waals surface area contributed by atoms with Crippen LogP contribution in [-0.4, -0.2) is 4.92 Å². The van der Waals surface area contributed by atoms with E-state index in [4.69, 9.17) is 11.6 Å². The molecular formula is C15H13BrClNO2. The first kappa shape index (κ1) is 15.0. The van der Waals surface area contributed by atoms with E-state index in [9.17, 15) is 10.1 Å². The molecule has 1 atom stereocenters. The molecule has 0 spiro atoms. The third kappa shape index (κ3) is 3.58. The van der Waals surface area contributed by atoms with E-state index < -0.39 is 4.92 Å². The lowest BCUT2D eigenvalue weighted by atomic mass is 10.0. The summed E-state index contributed by atoms with van der Waals surface area (Å²) in [5.74, 6) is 0. The number of hydrogen-bond acceptors (Lipinski definition) is 2. The third-order valence-electron chi connectivity index (χ3n) is 3.14. The first-order valence-corrected chi connectivity index (χ1v) is 7.40. The second kappa shape index (κ2) is 6.37. The highest BCUT2D eigenvalue weighted by atomic mass is 79.9. The largest absolute Gasteiger partial charge is 0.269 e. The average molecular weight is 355 g/mol. The zero-order valence-corrected chi connectivity index (χ0v) is 13.2. The van der Waals surface area contributed by atoms with Crippen LogP contribution in [0.25, 0.3) is 0 Å². The molecule has 0 aromatic heterocycles. The van der Waals surface area contributed by atoms with Gasteiger partial charge in [0.1, 0.15) is 0 Å². The van der Waals surface area contributed by atoms with E-state index in [0.717, 1.165) is 23.1 Å². The summed E-state index contributed by atoms with van der Waals surface area (Å²) >= 11 is 9.69. The van der Waals surface area contributed by atoms with Gasteiger partial charge < -0.3 is 0 Å². The van der Waals surface area contributed by atoms with Gasteiger partial charge in [0.15, 0.2) is 0 Å². The molecule has 0 aliphatic carbocycles. The Morgan fingerprint density at radius 2 is 1.90 bits per heavy atom. The monoisotopic (exact) mass is 353 g/mol. The summed E-state index contributed by atoms with van der Waals surface area (Å²) in [6.45, 7) is 2.04. The predicted octanol–water partition coefficient (Wildman–Crippen LogP) is 5.24. The van der Waals surface area contributed by atoms with Gasteiger partial charge in [0.05, 0.1) is 4.92 Å². The van der Waals surface area contributed by atoms with E-state index in [1.54, 1.807) is 12.1 Å². The lowest BCUT2D eigenvalue weighted by molar-refractivity contribution is -0.384. The fourth-order valence-electron chi connectivity index (χ4n) is 2.02. The number of aryl methyl sites for hydroxylation is 1. The molecular weight excluding hydrogens is 342 g/mol. The Morgan fingerprint density at radius 3 is 2.50 bits per heavy atom. The van der Waals surface area contributed by atoms with Crippen LogP contribution < -0.4 is 0 Å². The van der Waals surface area contributed by atoms with E-state index in [0.29, 0.717) is 5.02 Å². The number of nitrogens with zero attached hydrogens (tertiary/aromatic N) is 1. The van der Waals surface area contributed by atoms with Crippen molar-refractivity contribution in [2.75, 3.05) is 0 Å². The van der Waals surface area contributed by atoms with Crippen molar-refractivity contribution in [3.05, 3.63) is 74.3 Å². The van der Waals surface area contributed by atoms with Gasteiger partial charge in [0, 0.05) is 22.0 Å². The van der Waals surface area contributed by atoms with Crippen molar-refractivity contribution >= 4 is 33.2 Å². The van der Waals surface area contributed by atoms with Crippen LogP contribution in [0.3, 0.4) is 0 Å². The smallest absolute Gasteiger partial charge is 0.258 e. The summed E-state index contributed by atoms with van der Waals surface area (Å²) in [6.07, 6.45) is 0.749. The number of benzene rings is 2. The number of hydrogen-bond donors (Lipinski definition) is 0. The van der Waals surface area contributed by atoms with E-state index in [2.05, 4.69) is 15.9 Å². The number of halogens is 2. The minimum absolute atomic E-state index is 0.110. The summed E-state index contributed by atoms with van der Waals surface area (Å²) < 4.78 is 0. The van der Waals surface area contributed by atoms with E-state index >= 15 is 0 Å². The maximum absolute atomic E-state index is 10.6. The standard InChI is InChI=1S/C15H13BrClNO2/c1-10-2-5-12(17)9-14(10)15(16)8-11-3-6-13(7-4-11)18(19)20/h2-7,9,15H,8H2,1H3. The van der Waals surface area contributed by atoms with E-state index in [-0.39, 0.29) is 10.5 Å². The van der Waals surface area contributed by atoms with Crippen LogP contribution in [0.4, 0.5) is 5.69 Å². The van der Waals surface area contributed by atoms with Crippen LogP contribution in [-0.2, 0) is 6.42 Å². The number of nitro groups is 1. The molecule has 0 saturated carbocycles. The second-order valence-corrected chi connectivity index (χ2v) is 6.14. The first-order valence-electron chi connectivity index (χ1n) is 6.11. The van der Waals surface area contributed by atoms with Gasteiger partial charge in [-0.2, -0.15) is 0 Å². The minimum atomic E-state index is -0.392. The Bertz CT molecular complexity index is 628. The van der Waals surface area contributed by atoms with E-state index in [1.165, 1.54) is 12.1 Å². The minimum Gasteiger partial charge on any atom is -0.258 e. The quantitative estimate of drug-likeness (QED) is 0.428. The maximum atomic E-state index is 10.6. The number of rotatable bonds is 4. The zero-order chi connectivity index (χ0) is 14.7. The van der Waals surface area contributed by atoms with Crippen LogP contribution >= 0.6 is 27.5 Å². The molecule has 0 aliphatic rings. The van der Waals surface area contributed by atoms with Gasteiger partial charge in [-0.1, -0.05) is 45.7 Å². The SMILES string of the molecule is Cc1ccc(Cl)cc1C(Br)Cc1ccc([N+](=O)[O-])cc1. The molecule has 0 N–H and O–H groups in total. The van der Waals surface area contributed by atoms with Gasteiger partial charge in [-0.25, -0.2) is 0 Å². The van der Waals surface area contributed by atoms with Crippen LogP contribution in [0, 0.1) is 17.0 Å². The second-order valence-electron chi connectivity index (χ2n) is 4.60. The van der Waals surface area contributed by atoms with Crippen molar-refractivity contribution in [2.24, 2.45) is 0 Å². The van der Waals surface area contributed by atoms with Gasteiger partial charge in [-0.05, 0) is 42.2 Å². The zero-order valence-electron chi connectivity index (χ0n) is 10.8. The topological polar surface area (TPSA) is 43.1 Å². The van der Waals surface area contributed by atoms with Gasteiger partial charge in [0.2, 0.25) is 0 Å². The summed E-state index contributed by atoms with van der Waals surface area (Å²) in [4.78, 5) is 10.4. The highest BCUT2D eigenvalue weighted by Crippen LogP contribution is 2.31. The van der Waals surface area contributed by atoms with Crippen LogP contribution in [0.2, 0.25) is 5.02 Å². The molecule has 0 fully saturated rings. The number of non-ortho nitro benzene ring substituents is 1. The fourth-order valence-corrected chi connectivity index (χ4v) is 3.07. The Hall–Kier alpha value is -1.39. The molecule has 1 unspecified atom stereocenters. The molecule has 5 heteroatoms. The molecule has 104 valence electrons. The third-order valence-corrected chi connectivity index (χ3v) is 4.19. The normalized spacial score (nSPS) is 12.2. The highest BCUT2D eigenvalue weighted by Gasteiger charge is 2.13. The van der Waals surface area contributed by atoms with Gasteiger partial charge in [-0.3, -0.25) is 10.1 Å². The van der Waals surface area contributed by atoms with E-state index in [1.807, 2.05) is 25.1 Å². The highest BCUT2D eigenvalue weighted by molar-refractivity contribution is 9.09. The molecule has 2 aromatic carbocycles. The molecule has 0 bridgehead atoms. The van der Waals surface area contributed by atoms with Crippen molar-refractivity contribution in [3.63, 3.8) is 0 Å². The predicted molar refractivity (Wildman–Crippen MR) is 84.7 cm³/mol. The van der Waals surface area contributed by atoms with Gasteiger partial charge in [-0.15, -0.1) is 0 Å². The van der Waals surface area contributed by atoms with Crippen molar-refractivity contribution in [1.82, 2.24) is 0 Å². The molecule has 20 heavy (non-hydrogen) atoms. The van der Waals surface area contributed by atoms with Crippen LogP contribution in [0.1, 0.15) is 21.5 Å². The molecule has 2 rings (SSSR count). The number of alkyl halides is 1. The molecule has 0 radical (unpaired) electrons. The van der Waals surface area contributed by atoms with Gasteiger partial charge >= 0.3 is 0 Å². The summed E-state index contributed by atoms with van der Waals surface area (Å²) in [5.41, 5.74) is 3.45. The molecule has 0 saturated heterocycles. The fraction of sp³-hybridized carbons (Fsp3) is 0.200. The van der Waals surface area contributed by atoms with Crippen molar-refractivity contribution < 1.29 is 4.92 Å². The van der Waals surface area contributed by atoms with Crippen molar-refractivity contribution in [1.29, 1.82) is 0 Å². The molecule has 0 heterocycles. The van der Waals surface area contributed by atoms with Crippen molar-refractivity contribution in [2.45, 2.75) is 18.2 Å². The lowest BCUT2D eigenvalue weighted by Gasteiger charge is -2.13. The first-order chi connectivity index (χ1) is 9.47. The van der Waals surface area contributed by atoms with Gasteiger partial charge in [0.25, 0.3) is 5.69 Å². The average Bonchev–Trinajstić information content (AvgIpc) is 2.42. The number of nitro benzene ring substituents is 1. The lowest BCUT2D eigenvalue weighted by Crippen LogP contribution is -1.98.